The van der Waals surface area contributed by atoms with Gasteiger partial charge in [0, 0.05) is 24.0 Å². The summed E-state index contributed by atoms with van der Waals surface area (Å²) in [6, 6.07) is 3.21. The maximum absolute atomic E-state index is 11.9. The van der Waals surface area contributed by atoms with Crippen molar-refractivity contribution in [1.29, 1.82) is 0 Å². The van der Waals surface area contributed by atoms with Crippen molar-refractivity contribution in [2.24, 2.45) is 0 Å². The number of aromatic hydroxyl groups is 1. The van der Waals surface area contributed by atoms with Crippen LogP contribution in [-0.4, -0.2) is 18.0 Å². The van der Waals surface area contributed by atoms with E-state index >= 15 is 0 Å². The zero-order valence-electron chi connectivity index (χ0n) is 11.4. The average Bonchev–Trinajstić information content (AvgIpc) is 2.36. The normalized spacial score (nSPS) is 12.0. The molecule has 98 valence electrons. The first-order valence-corrected chi connectivity index (χ1v) is 6.01. The van der Waals surface area contributed by atoms with Gasteiger partial charge in [0.15, 0.2) is 5.78 Å². The van der Waals surface area contributed by atoms with E-state index < -0.39 is 0 Å². The first kappa shape index (κ1) is 14.3. The Kier molecular flexibility index (Phi) is 4.54. The maximum Gasteiger partial charge on any atom is 0.166 e. The van der Waals surface area contributed by atoms with Crippen LogP contribution in [0.2, 0.25) is 0 Å². The SMILES string of the molecule is C=C(C)[C@H](C)c1cc(C(=O)CC)c(OC)cc1O. The van der Waals surface area contributed by atoms with Crippen LogP contribution < -0.4 is 4.74 Å². The number of ketones is 1. The molecule has 0 saturated heterocycles. The summed E-state index contributed by atoms with van der Waals surface area (Å²) in [6.07, 6.45) is 0.405. The number of carbonyl (C=O) groups excluding carboxylic acids is 1. The van der Waals surface area contributed by atoms with Crippen molar-refractivity contribution in [2.75, 3.05) is 7.11 Å². The van der Waals surface area contributed by atoms with E-state index in [0.717, 1.165) is 5.57 Å². The lowest BCUT2D eigenvalue weighted by Crippen LogP contribution is -2.04. The number of phenolic OH excluding ortho intramolecular Hbond substituents is 1. The third-order valence-corrected chi connectivity index (χ3v) is 3.18. The lowest BCUT2D eigenvalue weighted by atomic mass is 9.91. The van der Waals surface area contributed by atoms with Crippen molar-refractivity contribution >= 4 is 5.78 Å². The molecule has 1 aromatic rings. The first-order valence-electron chi connectivity index (χ1n) is 6.01. The highest BCUT2D eigenvalue weighted by atomic mass is 16.5. The molecule has 0 bridgehead atoms. The molecule has 18 heavy (non-hydrogen) atoms. The highest BCUT2D eigenvalue weighted by Crippen LogP contribution is 2.35. The van der Waals surface area contributed by atoms with Crippen LogP contribution in [0.4, 0.5) is 0 Å². The minimum atomic E-state index is -0.000637. The van der Waals surface area contributed by atoms with E-state index in [2.05, 4.69) is 6.58 Å². The summed E-state index contributed by atoms with van der Waals surface area (Å²) in [5.41, 5.74) is 2.16. The second-order valence-corrected chi connectivity index (χ2v) is 4.46. The van der Waals surface area contributed by atoms with E-state index in [1.807, 2.05) is 13.8 Å². The van der Waals surface area contributed by atoms with Gasteiger partial charge in [0.2, 0.25) is 0 Å². The van der Waals surface area contributed by atoms with Crippen LogP contribution in [0.25, 0.3) is 0 Å². The fourth-order valence-electron chi connectivity index (χ4n) is 1.78. The molecule has 0 heterocycles. The molecule has 1 aromatic carbocycles. The number of benzene rings is 1. The molecular formula is C15H20O3. The summed E-state index contributed by atoms with van der Waals surface area (Å²) in [5.74, 6) is 0.549. The van der Waals surface area contributed by atoms with Crippen LogP contribution in [0.15, 0.2) is 24.3 Å². The molecule has 0 aliphatic heterocycles. The lowest BCUT2D eigenvalue weighted by molar-refractivity contribution is 0.0985. The highest BCUT2D eigenvalue weighted by molar-refractivity contribution is 5.99. The summed E-state index contributed by atoms with van der Waals surface area (Å²) >= 11 is 0. The number of Topliss-reactive ketones (excluding diaryl/α,β-unsaturated/α-hetero) is 1. The lowest BCUT2D eigenvalue weighted by Gasteiger charge is -2.16. The molecule has 0 aliphatic carbocycles. The Balaban J connectivity index is 3.38. The summed E-state index contributed by atoms with van der Waals surface area (Å²) in [6.45, 7) is 9.53. The minimum absolute atomic E-state index is 0.000637. The zero-order chi connectivity index (χ0) is 13.9. The van der Waals surface area contributed by atoms with E-state index in [4.69, 9.17) is 4.74 Å². The summed E-state index contributed by atoms with van der Waals surface area (Å²) in [7, 11) is 1.49. The quantitative estimate of drug-likeness (QED) is 0.638. The molecule has 0 radical (unpaired) electrons. The average molecular weight is 248 g/mol. The second kappa shape index (κ2) is 5.71. The summed E-state index contributed by atoms with van der Waals surface area (Å²) in [5, 5.41) is 9.99. The predicted octanol–water partition coefficient (Wildman–Crippen LogP) is 3.67. The standard InChI is InChI=1S/C15H20O3/c1-6-13(16)12-7-11(10(4)9(2)3)14(17)8-15(12)18-5/h7-8,10,17H,2,6H2,1,3-5H3/t10-/m0/s1. The van der Waals surface area contributed by atoms with Crippen molar-refractivity contribution in [1.82, 2.24) is 0 Å². The highest BCUT2D eigenvalue weighted by Gasteiger charge is 2.18. The van der Waals surface area contributed by atoms with Gasteiger partial charge in [0.25, 0.3) is 0 Å². The van der Waals surface area contributed by atoms with Crippen LogP contribution in [0, 0.1) is 0 Å². The molecule has 0 spiro atoms. The number of phenols is 1. The predicted molar refractivity (Wildman–Crippen MR) is 72.5 cm³/mol. The molecule has 0 amide bonds. The Bertz CT molecular complexity index is 475. The maximum atomic E-state index is 11.9. The van der Waals surface area contributed by atoms with Gasteiger partial charge in [-0.3, -0.25) is 4.79 Å². The molecule has 3 nitrogen and oxygen atoms in total. The summed E-state index contributed by atoms with van der Waals surface area (Å²) in [4.78, 5) is 11.9. The van der Waals surface area contributed by atoms with Gasteiger partial charge >= 0.3 is 0 Å². The van der Waals surface area contributed by atoms with Crippen molar-refractivity contribution in [3.05, 3.63) is 35.4 Å². The molecule has 1 atom stereocenters. The molecule has 0 aromatic heterocycles. The largest absolute Gasteiger partial charge is 0.508 e. The van der Waals surface area contributed by atoms with Gasteiger partial charge in [0.05, 0.1) is 12.7 Å². The Hall–Kier alpha value is -1.77. The van der Waals surface area contributed by atoms with Crippen molar-refractivity contribution < 1.29 is 14.6 Å². The van der Waals surface area contributed by atoms with E-state index in [1.54, 1.807) is 13.0 Å². The molecule has 3 heteroatoms. The van der Waals surface area contributed by atoms with Crippen molar-refractivity contribution in [3.8, 4) is 11.5 Å². The number of hydrogen-bond acceptors (Lipinski definition) is 3. The van der Waals surface area contributed by atoms with Gasteiger partial charge in [-0.25, -0.2) is 0 Å². The molecular weight excluding hydrogens is 228 g/mol. The van der Waals surface area contributed by atoms with Gasteiger partial charge < -0.3 is 9.84 Å². The number of carbonyl (C=O) groups is 1. The Labute approximate surface area is 108 Å². The van der Waals surface area contributed by atoms with Crippen LogP contribution in [-0.2, 0) is 0 Å². The molecule has 1 N–H and O–H groups in total. The third kappa shape index (κ3) is 2.73. The van der Waals surface area contributed by atoms with E-state index in [0.29, 0.717) is 23.3 Å². The number of rotatable bonds is 5. The Morgan fingerprint density at radius 1 is 1.50 bits per heavy atom. The minimum Gasteiger partial charge on any atom is -0.508 e. The number of allylic oxidation sites excluding steroid dienone is 1. The van der Waals surface area contributed by atoms with Crippen LogP contribution in [0.3, 0.4) is 0 Å². The topological polar surface area (TPSA) is 46.5 Å². The Morgan fingerprint density at radius 3 is 2.56 bits per heavy atom. The van der Waals surface area contributed by atoms with E-state index in [9.17, 15) is 9.90 Å². The molecule has 0 unspecified atom stereocenters. The second-order valence-electron chi connectivity index (χ2n) is 4.46. The van der Waals surface area contributed by atoms with Crippen LogP contribution >= 0.6 is 0 Å². The van der Waals surface area contributed by atoms with Gasteiger partial charge in [-0.15, -0.1) is 0 Å². The zero-order valence-corrected chi connectivity index (χ0v) is 11.4. The van der Waals surface area contributed by atoms with E-state index in [1.165, 1.54) is 13.2 Å². The molecule has 1 rings (SSSR count). The number of ether oxygens (including phenoxy) is 1. The van der Waals surface area contributed by atoms with Gasteiger partial charge in [-0.2, -0.15) is 0 Å². The van der Waals surface area contributed by atoms with Crippen LogP contribution in [0.5, 0.6) is 11.5 Å². The van der Waals surface area contributed by atoms with Crippen LogP contribution in [0.1, 0.15) is 49.0 Å². The third-order valence-electron chi connectivity index (χ3n) is 3.18. The number of methoxy groups -OCH3 is 1. The molecule has 0 fully saturated rings. The molecule has 0 aliphatic rings. The van der Waals surface area contributed by atoms with Crippen molar-refractivity contribution in [3.63, 3.8) is 0 Å². The Morgan fingerprint density at radius 2 is 2.11 bits per heavy atom. The van der Waals surface area contributed by atoms with Gasteiger partial charge in [0.1, 0.15) is 11.5 Å². The summed E-state index contributed by atoms with van der Waals surface area (Å²) < 4.78 is 5.14. The van der Waals surface area contributed by atoms with E-state index in [-0.39, 0.29) is 17.5 Å². The fourth-order valence-corrected chi connectivity index (χ4v) is 1.78. The fraction of sp³-hybridized carbons (Fsp3) is 0.400. The van der Waals surface area contributed by atoms with Gasteiger partial charge in [-0.1, -0.05) is 26.0 Å². The van der Waals surface area contributed by atoms with Crippen molar-refractivity contribution in [2.45, 2.75) is 33.1 Å². The van der Waals surface area contributed by atoms with Gasteiger partial charge in [-0.05, 0) is 13.0 Å². The smallest absolute Gasteiger partial charge is 0.166 e. The number of hydrogen-bond donors (Lipinski definition) is 1. The monoisotopic (exact) mass is 248 g/mol. The molecule has 0 saturated carbocycles. The first-order chi connectivity index (χ1) is 8.42.